The quantitative estimate of drug-likeness (QED) is 0.716. The van der Waals surface area contributed by atoms with Crippen LogP contribution in [0.25, 0.3) is 11.4 Å². The number of para-hydroxylation sites is 1. The van der Waals surface area contributed by atoms with Crippen molar-refractivity contribution in [3.8, 4) is 17.1 Å². The maximum absolute atomic E-state index is 12.4. The molecular weight excluding hydrogens is 364 g/mol. The van der Waals surface area contributed by atoms with Gasteiger partial charge in [0.2, 0.25) is 0 Å². The van der Waals surface area contributed by atoms with Crippen molar-refractivity contribution in [2.45, 2.75) is 38.8 Å². The molecule has 150 valence electrons. The number of rotatable bonds is 5. The molecule has 4 rings (SSSR count). The third-order valence-corrected chi connectivity index (χ3v) is 5.54. The Hall–Kier alpha value is -2.99. The summed E-state index contributed by atoms with van der Waals surface area (Å²) in [7, 11) is 1.72. The molecule has 6 nitrogen and oxygen atoms in total. The molecule has 0 bridgehead atoms. The van der Waals surface area contributed by atoms with E-state index >= 15 is 0 Å². The molecule has 6 heteroatoms. The molecule has 1 fully saturated rings. The summed E-state index contributed by atoms with van der Waals surface area (Å²) in [4.78, 5) is 26.5. The number of hydrogen-bond donors (Lipinski definition) is 1. The van der Waals surface area contributed by atoms with Crippen molar-refractivity contribution < 1.29 is 4.74 Å². The van der Waals surface area contributed by atoms with Crippen LogP contribution >= 0.6 is 0 Å². The van der Waals surface area contributed by atoms with Gasteiger partial charge in [0.15, 0.2) is 0 Å². The molecule has 2 aromatic heterocycles. The van der Waals surface area contributed by atoms with E-state index in [-0.39, 0.29) is 11.6 Å². The van der Waals surface area contributed by atoms with Crippen molar-refractivity contribution in [1.29, 1.82) is 0 Å². The molecule has 0 radical (unpaired) electrons. The number of aromatic nitrogens is 3. The Kier molecular flexibility index (Phi) is 5.71. The summed E-state index contributed by atoms with van der Waals surface area (Å²) in [5.41, 5.74) is 3.86. The third-order valence-electron chi connectivity index (χ3n) is 5.54. The van der Waals surface area contributed by atoms with Crippen LogP contribution in [0.2, 0.25) is 0 Å². The molecule has 1 aliphatic rings. The summed E-state index contributed by atoms with van der Waals surface area (Å²) in [6, 6.07) is 11.7. The predicted octanol–water partition coefficient (Wildman–Crippen LogP) is 3.88. The van der Waals surface area contributed by atoms with Crippen LogP contribution in [0.15, 0.2) is 53.6 Å². The minimum atomic E-state index is -0.125. The zero-order valence-corrected chi connectivity index (χ0v) is 16.9. The van der Waals surface area contributed by atoms with E-state index in [0.717, 1.165) is 54.9 Å². The maximum Gasteiger partial charge on any atom is 0.251 e. The number of likely N-dealkylation sites (tertiary alicyclic amines) is 1. The molecule has 29 heavy (non-hydrogen) atoms. The molecular formula is C23H26N4O2. The molecule has 1 aliphatic heterocycles. The molecule has 3 heterocycles. The van der Waals surface area contributed by atoms with E-state index < -0.39 is 0 Å². The molecule has 1 atom stereocenters. The minimum Gasteiger partial charge on any atom is -0.496 e. The Balaban J connectivity index is 1.67. The zero-order chi connectivity index (χ0) is 20.2. The number of aryl methyl sites for hydroxylation is 1. The lowest BCUT2D eigenvalue weighted by molar-refractivity contribution is 0.136. The lowest BCUT2D eigenvalue weighted by Crippen LogP contribution is -2.34. The topological polar surface area (TPSA) is 71.1 Å². The average Bonchev–Trinajstić information content (AvgIpc) is 2.74. The highest BCUT2D eigenvalue weighted by molar-refractivity contribution is 5.53. The first-order chi connectivity index (χ1) is 14.2. The molecule has 0 aliphatic carbocycles. The van der Waals surface area contributed by atoms with Gasteiger partial charge in [0, 0.05) is 36.1 Å². The first-order valence-corrected chi connectivity index (χ1v) is 10.0. The number of aromatic amines is 1. The molecule has 1 aromatic carbocycles. The SMILES string of the molecule is COc1c(C)cccc1CN1CCCC[C@H]1c1cc(=O)[nH]c(-c2ccncc2)n1. The third kappa shape index (κ3) is 4.22. The Bertz CT molecular complexity index is 1030. The summed E-state index contributed by atoms with van der Waals surface area (Å²) >= 11 is 0. The first kappa shape index (κ1) is 19.3. The summed E-state index contributed by atoms with van der Waals surface area (Å²) in [5.74, 6) is 1.53. The lowest BCUT2D eigenvalue weighted by atomic mass is 9.97. The largest absolute Gasteiger partial charge is 0.496 e. The normalized spacial score (nSPS) is 17.2. The van der Waals surface area contributed by atoms with Gasteiger partial charge in [0.1, 0.15) is 11.6 Å². The number of nitrogens with one attached hydrogen (secondary N) is 1. The summed E-state index contributed by atoms with van der Waals surface area (Å²) < 4.78 is 5.65. The average molecular weight is 390 g/mol. The van der Waals surface area contributed by atoms with Crippen LogP contribution in [0.5, 0.6) is 5.75 Å². The van der Waals surface area contributed by atoms with Gasteiger partial charge < -0.3 is 9.72 Å². The number of nitrogens with zero attached hydrogens (tertiary/aromatic N) is 3. The van der Waals surface area contributed by atoms with E-state index in [0.29, 0.717) is 5.82 Å². The molecule has 0 spiro atoms. The van der Waals surface area contributed by atoms with E-state index in [9.17, 15) is 4.79 Å². The van der Waals surface area contributed by atoms with Gasteiger partial charge in [-0.3, -0.25) is 14.7 Å². The van der Waals surface area contributed by atoms with Gasteiger partial charge in [-0.15, -0.1) is 0 Å². The monoisotopic (exact) mass is 390 g/mol. The molecule has 0 amide bonds. The van der Waals surface area contributed by atoms with Gasteiger partial charge >= 0.3 is 0 Å². The van der Waals surface area contributed by atoms with E-state index in [2.05, 4.69) is 40.0 Å². The fourth-order valence-corrected chi connectivity index (χ4v) is 4.16. The van der Waals surface area contributed by atoms with Crippen LogP contribution in [0, 0.1) is 6.92 Å². The summed E-state index contributed by atoms with van der Waals surface area (Å²) in [5, 5.41) is 0. The second-order valence-electron chi connectivity index (χ2n) is 7.50. The van der Waals surface area contributed by atoms with Crippen molar-refractivity contribution in [1.82, 2.24) is 19.9 Å². The predicted molar refractivity (Wildman–Crippen MR) is 113 cm³/mol. The van der Waals surface area contributed by atoms with Gasteiger partial charge in [-0.2, -0.15) is 0 Å². The van der Waals surface area contributed by atoms with Crippen molar-refractivity contribution in [3.63, 3.8) is 0 Å². The Labute approximate surface area is 170 Å². The minimum absolute atomic E-state index is 0.108. The lowest BCUT2D eigenvalue weighted by Gasteiger charge is -2.35. The van der Waals surface area contributed by atoms with Gasteiger partial charge in [-0.1, -0.05) is 24.6 Å². The second kappa shape index (κ2) is 8.57. The van der Waals surface area contributed by atoms with Gasteiger partial charge in [0.25, 0.3) is 5.56 Å². The van der Waals surface area contributed by atoms with Crippen molar-refractivity contribution in [3.05, 3.63) is 76.0 Å². The van der Waals surface area contributed by atoms with Crippen LogP contribution in [-0.2, 0) is 6.54 Å². The van der Waals surface area contributed by atoms with Gasteiger partial charge in [-0.25, -0.2) is 4.98 Å². The van der Waals surface area contributed by atoms with Gasteiger partial charge in [-0.05, 0) is 44.0 Å². The Morgan fingerprint density at radius 3 is 2.83 bits per heavy atom. The second-order valence-corrected chi connectivity index (χ2v) is 7.50. The van der Waals surface area contributed by atoms with Crippen LogP contribution in [0.3, 0.4) is 0 Å². The number of pyridine rings is 1. The molecule has 3 aromatic rings. The van der Waals surface area contributed by atoms with Crippen LogP contribution in [0.4, 0.5) is 0 Å². The van der Waals surface area contributed by atoms with Crippen LogP contribution in [0.1, 0.15) is 42.1 Å². The fraction of sp³-hybridized carbons (Fsp3) is 0.348. The van der Waals surface area contributed by atoms with Crippen molar-refractivity contribution in [2.75, 3.05) is 13.7 Å². The smallest absolute Gasteiger partial charge is 0.251 e. The highest BCUT2D eigenvalue weighted by Gasteiger charge is 2.27. The highest BCUT2D eigenvalue weighted by Crippen LogP contribution is 2.33. The van der Waals surface area contributed by atoms with E-state index in [1.165, 1.54) is 5.56 Å². The van der Waals surface area contributed by atoms with Crippen LogP contribution in [-0.4, -0.2) is 33.5 Å². The van der Waals surface area contributed by atoms with E-state index in [1.54, 1.807) is 25.6 Å². The van der Waals surface area contributed by atoms with E-state index in [1.807, 2.05) is 12.1 Å². The standard InChI is InChI=1S/C23H26N4O2/c1-16-6-5-7-18(22(16)29-2)15-27-13-4-3-8-20(27)19-14-21(28)26-23(25-19)17-9-11-24-12-10-17/h5-7,9-12,14,20H,3-4,8,13,15H2,1-2H3,(H,25,26,28)/t20-/m0/s1. The van der Waals surface area contributed by atoms with Crippen molar-refractivity contribution >= 4 is 0 Å². The molecule has 1 N–H and O–H groups in total. The number of H-pyrrole nitrogens is 1. The van der Waals surface area contributed by atoms with Crippen LogP contribution < -0.4 is 10.3 Å². The van der Waals surface area contributed by atoms with Gasteiger partial charge in [0.05, 0.1) is 18.8 Å². The number of methoxy groups -OCH3 is 1. The van der Waals surface area contributed by atoms with Crippen molar-refractivity contribution in [2.24, 2.45) is 0 Å². The Morgan fingerprint density at radius 1 is 1.21 bits per heavy atom. The number of ether oxygens (including phenoxy) is 1. The number of benzene rings is 1. The molecule has 1 saturated heterocycles. The zero-order valence-electron chi connectivity index (χ0n) is 16.9. The fourth-order valence-electron chi connectivity index (χ4n) is 4.16. The summed E-state index contributed by atoms with van der Waals surface area (Å²) in [6.07, 6.45) is 6.68. The first-order valence-electron chi connectivity index (χ1n) is 10.0. The molecule has 0 saturated carbocycles. The Morgan fingerprint density at radius 2 is 2.03 bits per heavy atom. The highest BCUT2D eigenvalue weighted by atomic mass is 16.5. The summed E-state index contributed by atoms with van der Waals surface area (Å²) in [6.45, 7) is 3.81. The maximum atomic E-state index is 12.4. The molecule has 0 unspecified atom stereocenters. The number of hydrogen-bond acceptors (Lipinski definition) is 5. The number of piperidine rings is 1. The van der Waals surface area contributed by atoms with E-state index in [4.69, 9.17) is 9.72 Å².